The molecule has 70 valence electrons. The third-order valence-corrected chi connectivity index (χ3v) is 1.62. The van der Waals surface area contributed by atoms with Gasteiger partial charge in [0.15, 0.2) is 0 Å². The Balaban J connectivity index is 2.89. The summed E-state index contributed by atoms with van der Waals surface area (Å²) in [4.78, 5) is 15.2. The van der Waals surface area contributed by atoms with Gasteiger partial charge in [-0.05, 0) is 19.1 Å². The predicted octanol–water partition coefficient (Wildman–Crippen LogP) is -0.0741. The number of Topliss-reactive ketones (excluding diaryl/α,β-unsaturated/α-hetero) is 1. The van der Waals surface area contributed by atoms with E-state index in [0.29, 0.717) is 5.69 Å². The molecule has 1 aromatic heterocycles. The summed E-state index contributed by atoms with van der Waals surface area (Å²) in [7, 11) is 0. The Hall–Kier alpha value is -1.26. The normalized spacial score (nSPS) is 12.5. The number of aryl methyl sites for hydroxylation is 1. The maximum atomic E-state index is 11.3. The molecule has 1 heterocycles. The van der Waals surface area contributed by atoms with Crippen LogP contribution in [0.5, 0.6) is 0 Å². The van der Waals surface area contributed by atoms with Gasteiger partial charge in [-0.1, -0.05) is 6.07 Å². The van der Waals surface area contributed by atoms with E-state index in [0.717, 1.165) is 0 Å². The van der Waals surface area contributed by atoms with Gasteiger partial charge in [0.1, 0.15) is 11.8 Å². The number of rotatable bonds is 3. The summed E-state index contributed by atoms with van der Waals surface area (Å²) in [5, 5.41) is 17.6. The maximum Gasteiger partial charge on any atom is 0.211 e. The summed E-state index contributed by atoms with van der Waals surface area (Å²) in [6.45, 7) is 1.18. The molecule has 1 atom stereocenters. The molecule has 0 bridgehead atoms. The number of ketones is 1. The van der Waals surface area contributed by atoms with E-state index in [1.54, 1.807) is 19.1 Å². The molecule has 0 saturated heterocycles. The average molecular weight is 181 g/mol. The first-order chi connectivity index (χ1) is 6.15. The second kappa shape index (κ2) is 4.11. The molecule has 4 nitrogen and oxygen atoms in total. The van der Waals surface area contributed by atoms with Crippen LogP contribution in [0.25, 0.3) is 0 Å². The molecule has 4 heteroatoms. The van der Waals surface area contributed by atoms with Crippen LogP contribution in [0.2, 0.25) is 0 Å². The van der Waals surface area contributed by atoms with E-state index >= 15 is 0 Å². The van der Waals surface area contributed by atoms with E-state index in [-0.39, 0.29) is 5.69 Å². The first kappa shape index (κ1) is 9.83. The van der Waals surface area contributed by atoms with E-state index in [9.17, 15) is 4.79 Å². The Morgan fingerprint density at radius 3 is 2.85 bits per heavy atom. The number of hydrogen-bond acceptors (Lipinski definition) is 4. The van der Waals surface area contributed by atoms with E-state index in [1.165, 1.54) is 6.07 Å². The van der Waals surface area contributed by atoms with Gasteiger partial charge in [0.2, 0.25) is 5.78 Å². The fraction of sp³-hybridized carbons (Fsp3) is 0.333. The maximum absolute atomic E-state index is 11.3. The summed E-state index contributed by atoms with van der Waals surface area (Å²) in [6.07, 6.45) is -1.37. The summed E-state index contributed by atoms with van der Waals surface area (Å²) < 4.78 is 0. The number of nitrogens with zero attached hydrogens (tertiary/aromatic N) is 1. The molecule has 0 aliphatic carbocycles. The van der Waals surface area contributed by atoms with Crippen LogP contribution in [0.1, 0.15) is 16.2 Å². The van der Waals surface area contributed by atoms with Crippen molar-refractivity contribution in [1.29, 1.82) is 0 Å². The lowest BCUT2D eigenvalue weighted by molar-refractivity contribution is 0.0582. The number of aliphatic hydroxyl groups excluding tert-OH is 2. The Bertz CT molecular complexity index is 311. The third-order valence-electron chi connectivity index (χ3n) is 1.62. The van der Waals surface area contributed by atoms with Gasteiger partial charge in [0.05, 0.1) is 6.61 Å². The number of pyridine rings is 1. The Morgan fingerprint density at radius 2 is 2.31 bits per heavy atom. The van der Waals surface area contributed by atoms with Crippen LogP contribution in [-0.2, 0) is 0 Å². The SMILES string of the molecule is Cc1cccc(C(=O)C(O)CO)n1. The minimum Gasteiger partial charge on any atom is -0.393 e. The van der Waals surface area contributed by atoms with E-state index in [1.807, 2.05) is 0 Å². The van der Waals surface area contributed by atoms with Gasteiger partial charge in [-0.3, -0.25) is 4.79 Å². The smallest absolute Gasteiger partial charge is 0.211 e. The van der Waals surface area contributed by atoms with Crippen LogP contribution in [0.3, 0.4) is 0 Å². The quantitative estimate of drug-likeness (QED) is 0.640. The summed E-state index contributed by atoms with van der Waals surface area (Å²) in [5.41, 5.74) is 0.887. The summed E-state index contributed by atoms with van der Waals surface area (Å²) >= 11 is 0. The Labute approximate surface area is 75.9 Å². The monoisotopic (exact) mass is 181 g/mol. The zero-order chi connectivity index (χ0) is 9.84. The van der Waals surface area contributed by atoms with Crippen molar-refractivity contribution in [3.63, 3.8) is 0 Å². The van der Waals surface area contributed by atoms with Crippen molar-refractivity contribution in [2.75, 3.05) is 6.61 Å². The molecule has 0 aliphatic rings. The number of aromatic nitrogens is 1. The zero-order valence-electron chi connectivity index (χ0n) is 7.27. The lowest BCUT2D eigenvalue weighted by atomic mass is 10.1. The van der Waals surface area contributed by atoms with Gasteiger partial charge in [-0.25, -0.2) is 4.98 Å². The van der Waals surface area contributed by atoms with Gasteiger partial charge in [0.25, 0.3) is 0 Å². The Morgan fingerprint density at radius 1 is 1.62 bits per heavy atom. The Kier molecular flexibility index (Phi) is 3.11. The molecule has 0 amide bonds. The fourth-order valence-corrected chi connectivity index (χ4v) is 0.934. The molecular formula is C9H11NO3. The van der Waals surface area contributed by atoms with Gasteiger partial charge < -0.3 is 10.2 Å². The van der Waals surface area contributed by atoms with Crippen molar-refractivity contribution >= 4 is 5.78 Å². The van der Waals surface area contributed by atoms with Crippen molar-refractivity contribution in [1.82, 2.24) is 4.98 Å². The number of carbonyl (C=O) groups is 1. The highest BCUT2D eigenvalue weighted by molar-refractivity contribution is 5.97. The van der Waals surface area contributed by atoms with Crippen LogP contribution in [-0.4, -0.2) is 33.7 Å². The van der Waals surface area contributed by atoms with Gasteiger partial charge in [0, 0.05) is 5.69 Å². The highest BCUT2D eigenvalue weighted by atomic mass is 16.3. The predicted molar refractivity (Wildman–Crippen MR) is 46.4 cm³/mol. The van der Waals surface area contributed by atoms with Crippen molar-refractivity contribution in [2.24, 2.45) is 0 Å². The molecule has 1 aromatic rings. The van der Waals surface area contributed by atoms with Crippen molar-refractivity contribution in [3.8, 4) is 0 Å². The van der Waals surface area contributed by atoms with Crippen molar-refractivity contribution < 1.29 is 15.0 Å². The van der Waals surface area contributed by atoms with Crippen molar-refractivity contribution in [3.05, 3.63) is 29.6 Å². The first-order valence-electron chi connectivity index (χ1n) is 3.92. The van der Waals surface area contributed by atoms with Crippen LogP contribution in [0.15, 0.2) is 18.2 Å². The van der Waals surface area contributed by atoms with E-state index in [4.69, 9.17) is 10.2 Å². The fourth-order valence-electron chi connectivity index (χ4n) is 0.934. The first-order valence-corrected chi connectivity index (χ1v) is 3.92. The van der Waals surface area contributed by atoms with Crippen LogP contribution < -0.4 is 0 Å². The van der Waals surface area contributed by atoms with Crippen LogP contribution in [0, 0.1) is 6.92 Å². The minimum atomic E-state index is -1.37. The minimum absolute atomic E-state index is 0.182. The second-order valence-electron chi connectivity index (χ2n) is 2.73. The molecule has 1 rings (SSSR count). The number of aliphatic hydroxyl groups is 2. The molecular weight excluding hydrogens is 170 g/mol. The van der Waals surface area contributed by atoms with E-state index in [2.05, 4.69) is 4.98 Å². The molecule has 0 fully saturated rings. The number of carbonyl (C=O) groups excluding carboxylic acids is 1. The van der Waals surface area contributed by atoms with E-state index < -0.39 is 18.5 Å². The molecule has 13 heavy (non-hydrogen) atoms. The number of hydrogen-bond donors (Lipinski definition) is 2. The van der Waals surface area contributed by atoms with Crippen LogP contribution >= 0.6 is 0 Å². The van der Waals surface area contributed by atoms with Gasteiger partial charge >= 0.3 is 0 Å². The van der Waals surface area contributed by atoms with Gasteiger partial charge in [-0.2, -0.15) is 0 Å². The van der Waals surface area contributed by atoms with Gasteiger partial charge in [-0.15, -0.1) is 0 Å². The van der Waals surface area contributed by atoms with Crippen molar-refractivity contribution in [2.45, 2.75) is 13.0 Å². The lowest BCUT2D eigenvalue weighted by Crippen LogP contribution is -2.25. The average Bonchev–Trinajstić information content (AvgIpc) is 2.15. The summed E-state index contributed by atoms with van der Waals surface area (Å²) in [6, 6.07) is 4.94. The molecule has 0 spiro atoms. The third kappa shape index (κ3) is 2.34. The largest absolute Gasteiger partial charge is 0.393 e. The molecule has 0 aromatic carbocycles. The summed E-state index contributed by atoms with van der Waals surface area (Å²) in [5.74, 6) is -0.550. The molecule has 1 unspecified atom stereocenters. The highest BCUT2D eigenvalue weighted by Crippen LogP contribution is 2.01. The topological polar surface area (TPSA) is 70.4 Å². The lowest BCUT2D eigenvalue weighted by Gasteiger charge is -2.05. The van der Waals surface area contributed by atoms with Crippen LogP contribution in [0.4, 0.5) is 0 Å². The molecule has 0 aliphatic heterocycles. The molecule has 2 N–H and O–H groups in total. The zero-order valence-corrected chi connectivity index (χ0v) is 7.27. The standard InChI is InChI=1S/C9H11NO3/c1-6-3-2-4-7(10-6)9(13)8(12)5-11/h2-4,8,11-12H,5H2,1H3. The molecule has 0 saturated carbocycles. The molecule has 0 radical (unpaired) electrons. The highest BCUT2D eigenvalue weighted by Gasteiger charge is 2.16. The second-order valence-corrected chi connectivity index (χ2v) is 2.73.